The van der Waals surface area contributed by atoms with Crippen molar-refractivity contribution in [2.75, 3.05) is 7.11 Å². The van der Waals surface area contributed by atoms with E-state index < -0.39 is 36.6 Å². The maximum atomic E-state index is 12.8. The minimum absolute atomic E-state index is 0.00220. The van der Waals surface area contributed by atoms with E-state index in [1.165, 1.54) is 0 Å². The van der Waals surface area contributed by atoms with Gasteiger partial charge < -0.3 is 9.47 Å². The summed E-state index contributed by atoms with van der Waals surface area (Å²) in [4.78, 5) is 14.4. The molecule has 0 amide bonds. The van der Waals surface area contributed by atoms with Crippen molar-refractivity contribution in [3.8, 4) is 5.75 Å². The summed E-state index contributed by atoms with van der Waals surface area (Å²) in [7, 11) is 1.09. The second kappa shape index (κ2) is 7.01. The second-order valence-corrected chi connectivity index (χ2v) is 4.27. The van der Waals surface area contributed by atoms with Crippen LogP contribution >= 0.6 is 15.9 Å². The first-order chi connectivity index (χ1) is 9.69. The molecule has 0 aliphatic rings. The van der Waals surface area contributed by atoms with Gasteiger partial charge in [-0.1, -0.05) is 15.9 Å². The summed E-state index contributed by atoms with van der Waals surface area (Å²) in [6.07, 6.45) is -7.93. The fraction of sp³-hybridized carbons (Fsp3) is 0.455. The van der Waals surface area contributed by atoms with E-state index in [9.17, 15) is 26.7 Å². The lowest BCUT2D eigenvalue weighted by Crippen LogP contribution is -2.21. The van der Waals surface area contributed by atoms with Crippen molar-refractivity contribution >= 4 is 21.9 Å². The van der Waals surface area contributed by atoms with Gasteiger partial charge in [0.05, 0.1) is 13.5 Å². The highest BCUT2D eigenvalue weighted by Gasteiger charge is 2.36. The Labute approximate surface area is 124 Å². The van der Waals surface area contributed by atoms with Crippen LogP contribution in [-0.2, 0) is 21.3 Å². The summed E-state index contributed by atoms with van der Waals surface area (Å²) in [5, 5.41) is -0.229. The molecule has 1 aromatic rings. The van der Waals surface area contributed by atoms with Crippen molar-refractivity contribution < 1.29 is 36.2 Å². The van der Waals surface area contributed by atoms with Gasteiger partial charge in [-0.2, -0.15) is 0 Å². The zero-order valence-corrected chi connectivity index (χ0v) is 12.1. The third-order valence-corrected chi connectivity index (χ3v) is 2.94. The van der Waals surface area contributed by atoms with Crippen LogP contribution in [0.2, 0.25) is 0 Å². The first-order valence-corrected chi connectivity index (χ1v) is 6.49. The average Bonchev–Trinajstić information content (AvgIpc) is 2.36. The van der Waals surface area contributed by atoms with Crippen LogP contribution in [0.1, 0.15) is 23.2 Å². The molecule has 0 aromatic carbocycles. The van der Waals surface area contributed by atoms with Crippen molar-refractivity contribution in [3.63, 3.8) is 0 Å². The lowest BCUT2D eigenvalue weighted by atomic mass is 10.1. The number of rotatable bonds is 5. The van der Waals surface area contributed by atoms with Gasteiger partial charge in [0.15, 0.2) is 5.75 Å². The topological polar surface area (TPSA) is 48.4 Å². The molecule has 1 rings (SSSR count). The SMILES string of the molecule is COC(=O)Cc1cnc(C(F)F)c(OC(F)(F)F)c1CBr. The predicted molar refractivity (Wildman–Crippen MR) is 64.2 cm³/mol. The van der Waals surface area contributed by atoms with Gasteiger partial charge in [0.1, 0.15) is 5.69 Å². The summed E-state index contributed by atoms with van der Waals surface area (Å²) in [5.41, 5.74) is -1.37. The van der Waals surface area contributed by atoms with Crippen molar-refractivity contribution in [2.45, 2.75) is 24.5 Å². The molecule has 0 atom stereocenters. The first-order valence-electron chi connectivity index (χ1n) is 5.37. The average molecular weight is 378 g/mol. The van der Waals surface area contributed by atoms with E-state index in [0.717, 1.165) is 13.3 Å². The Morgan fingerprint density at radius 3 is 2.48 bits per heavy atom. The van der Waals surface area contributed by atoms with Crippen LogP contribution in [0.15, 0.2) is 6.20 Å². The molecule has 0 radical (unpaired) electrons. The van der Waals surface area contributed by atoms with Gasteiger partial charge in [-0.05, 0) is 5.56 Å². The summed E-state index contributed by atoms with van der Waals surface area (Å²) >= 11 is 2.89. The highest BCUT2D eigenvalue weighted by atomic mass is 79.9. The number of aromatic nitrogens is 1. The van der Waals surface area contributed by atoms with Gasteiger partial charge in [0.2, 0.25) is 0 Å². The zero-order chi connectivity index (χ0) is 16.2. The molecule has 0 aliphatic carbocycles. The van der Waals surface area contributed by atoms with Crippen LogP contribution in [0, 0.1) is 0 Å². The molecule has 0 spiro atoms. The van der Waals surface area contributed by atoms with E-state index in [4.69, 9.17) is 0 Å². The number of hydrogen-bond donors (Lipinski definition) is 0. The number of methoxy groups -OCH3 is 1. The summed E-state index contributed by atoms with van der Waals surface area (Å²) < 4.78 is 70.6. The molecular weight excluding hydrogens is 369 g/mol. The van der Waals surface area contributed by atoms with E-state index >= 15 is 0 Å². The Hall–Kier alpha value is -1.45. The smallest absolute Gasteiger partial charge is 0.469 e. The largest absolute Gasteiger partial charge is 0.573 e. The van der Waals surface area contributed by atoms with Crippen LogP contribution in [-0.4, -0.2) is 24.4 Å². The fourth-order valence-corrected chi connectivity index (χ4v) is 2.11. The van der Waals surface area contributed by atoms with Gasteiger partial charge in [-0.3, -0.25) is 9.78 Å². The Balaban J connectivity index is 3.38. The molecule has 1 heterocycles. The first kappa shape index (κ1) is 17.6. The van der Waals surface area contributed by atoms with Crippen molar-refractivity contribution in [1.82, 2.24) is 4.98 Å². The Morgan fingerprint density at radius 2 is 2.05 bits per heavy atom. The highest BCUT2D eigenvalue weighted by Crippen LogP contribution is 2.37. The van der Waals surface area contributed by atoms with Crippen LogP contribution in [0.3, 0.4) is 0 Å². The van der Waals surface area contributed by atoms with E-state index in [-0.39, 0.29) is 16.5 Å². The number of hydrogen-bond acceptors (Lipinski definition) is 4. The lowest BCUT2D eigenvalue weighted by molar-refractivity contribution is -0.275. The summed E-state index contributed by atoms with van der Waals surface area (Å²) in [6.45, 7) is 0. The van der Waals surface area contributed by atoms with Gasteiger partial charge in [-0.25, -0.2) is 8.78 Å². The van der Waals surface area contributed by atoms with Crippen molar-refractivity contribution in [1.29, 1.82) is 0 Å². The van der Waals surface area contributed by atoms with Crippen LogP contribution < -0.4 is 4.74 Å². The quantitative estimate of drug-likeness (QED) is 0.447. The number of carbonyl (C=O) groups excluding carboxylic acids is 1. The molecule has 118 valence electrons. The molecule has 0 aliphatic heterocycles. The van der Waals surface area contributed by atoms with Gasteiger partial charge in [0, 0.05) is 17.1 Å². The molecule has 0 bridgehead atoms. The van der Waals surface area contributed by atoms with E-state index in [1.807, 2.05) is 0 Å². The van der Waals surface area contributed by atoms with Gasteiger partial charge in [-0.15, -0.1) is 13.2 Å². The standard InChI is InChI=1S/C11H9BrF5NO3/c1-20-7(19)2-5-4-18-8(10(13)14)9(6(5)3-12)21-11(15,16)17/h4,10H,2-3H2,1H3. The molecule has 0 fully saturated rings. The number of pyridine rings is 1. The van der Waals surface area contributed by atoms with E-state index in [2.05, 4.69) is 30.4 Å². The maximum Gasteiger partial charge on any atom is 0.573 e. The minimum Gasteiger partial charge on any atom is -0.469 e. The molecule has 21 heavy (non-hydrogen) atoms. The van der Waals surface area contributed by atoms with E-state index in [0.29, 0.717) is 0 Å². The predicted octanol–water partition coefficient (Wildman–Crippen LogP) is 3.53. The van der Waals surface area contributed by atoms with Gasteiger partial charge >= 0.3 is 12.3 Å². The molecule has 1 aromatic heterocycles. The lowest BCUT2D eigenvalue weighted by Gasteiger charge is -2.17. The molecule has 0 saturated carbocycles. The molecule has 0 saturated heterocycles. The third-order valence-electron chi connectivity index (χ3n) is 2.37. The van der Waals surface area contributed by atoms with Crippen LogP contribution in [0.5, 0.6) is 5.75 Å². The van der Waals surface area contributed by atoms with Gasteiger partial charge in [0.25, 0.3) is 6.43 Å². The molecular formula is C11H9BrF5NO3. The number of ether oxygens (including phenoxy) is 2. The minimum atomic E-state index is -5.16. The molecule has 0 N–H and O–H groups in total. The molecule has 0 unspecified atom stereocenters. The highest BCUT2D eigenvalue weighted by molar-refractivity contribution is 9.08. The second-order valence-electron chi connectivity index (χ2n) is 3.71. The Bertz CT molecular complexity index is 521. The summed E-state index contributed by atoms with van der Waals surface area (Å²) in [6, 6.07) is 0. The van der Waals surface area contributed by atoms with Crippen molar-refractivity contribution in [2.24, 2.45) is 0 Å². The Kier molecular flexibility index (Phi) is 5.87. The number of nitrogens with zero attached hydrogens (tertiary/aromatic N) is 1. The monoisotopic (exact) mass is 377 g/mol. The van der Waals surface area contributed by atoms with Crippen LogP contribution in [0.25, 0.3) is 0 Å². The maximum absolute atomic E-state index is 12.8. The molecule has 4 nitrogen and oxygen atoms in total. The Morgan fingerprint density at radius 1 is 1.43 bits per heavy atom. The number of alkyl halides is 6. The summed E-state index contributed by atoms with van der Waals surface area (Å²) in [5.74, 6) is -1.85. The third kappa shape index (κ3) is 4.80. The normalized spacial score (nSPS) is 11.6. The molecule has 10 heteroatoms. The van der Waals surface area contributed by atoms with Crippen molar-refractivity contribution in [3.05, 3.63) is 23.0 Å². The zero-order valence-electron chi connectivity index (χ0n) is 10.5. The number of esters is 1. The van der Waals surface area contributed by atoms with Crippen LogP contribution in [0.4, 0.5) is 22.0 Å². The number of carbonyl (C=O) groups is 1. The number of halogens is 6. The fourth-order valence-electron chi connectivity index (χ4n) is 1.50. The van der Waals surface area contributed by atoms with E-state index in [1.54, 1.807) is 0 Å².